The van der Waals surface area contributed by atoms with Gasteiger partial charge in [-0.25, -0.2) is 0 Å². The Labute approximate surface area is 104 Å². The number of benzene rings is 1. The summed E-state index contributed by atoms with van der Waals surface area (Å²) in [6.07, 6.45) is 3.58. The minimum Gasteiger partial charge on any atom is -0.314 e. The first kappa shape index (κ1) is 11.0. The van der Waals surface area contributed by atoms with Gasteiger partial charge in [0.05, 0.1) is 10.1 Å². The number of nitrogens with zero attached hydrogens (tertiary/aromatic N) is 1. The summed E-state index contributed by atoms with van der Waals surface area (Å²) in [5, 5.41) is 4.33. The van der Waals surface area contributed by atoms with Crippen LogP contribution in [0.25, 0.3) is 10.1 Å². The van der Waals surface area contributed by atoms with Gasteiger partial charge in [0.2, 0.25) is 0 Å². The van der Waals surface area contributed by atoms with Crippen molar-refractivity contribution in [2.45, 2.75) is 31.8 Å². The molecule has 4 heteroatoms. The molecule has 1 fully saturated rings. The fourth-order valence-electron chi connectivity index (χ4n) is 2.44. The molecule has 17 heavy (non-hydrogen) atoms. The second kappa shape index (κ2) is 4.63. The molecule has 1 saturated heterocycles. The summed E-state index contributed by atoms with van der Waals surface area (Å²) in [5.41, 5.74) is 0.170. The average molecular weight is 248 g/mol. The quantitative estimate of drug-likeness (QED) is 0.903. The van der Waals surface area contributed by atoms with Gasteiger partial charge < -0.3 is 5.32 Å². The van der Waals surface area contributed by atoms with Gasteiger partial charge in [-0.15, -0.1) is 0 Å². The van der Waals surface area contributed by atoms with Crippen LogP contribution in [0.4, 0.5) is 0 Å². The highest BCUT2D eigenvalue weighted by molar-refractivity contribution is 7.13. The number of aryl methyl sites for hydroxylation is 1. The van der Waals surface area contributed by atoms with Crippen LogP contribution in [0.3, 0.4) is 0 Å². The molecule has 90 valence electrons. The van der Waals surface area contributed by atoms with Crippen LogP contribution in [0, 0.1) is 0 Å². The number of aromatic nitrogens is 1. The van der Waals surface area contributed by atoms with Gasteiger partial charge in [0.15, 0.2) is 0 Å². The van der Waals surface area contributed by atoms with Crippen LogP contribution in [-0.2, 0) is 6.54 Å². The molecule has 0 bridgehead atoms. The molecule has 1 aromatic carbocycles. The van der Waals surface area contributed by atoms with Crippen molar-refractivity contribution in [3.8, 4) is 0 Å². The van der Waals surface area contributed by atoms with Crippen molar-refractivity contribution in [1.29, 1.82) is 0 Å². The van der Waals surface area contributed by atoms with E-state index in [1.807, 2.05) is 28.2 Å². The molecular weight excluding hydrogens is 232 g/mol. The van der Waals surface area contributed by atoms with Crippen LogP contribution < -0.4 is 10.9 Å². The Morgan fingerprint density at radius 2 is 2.29 bits per heavy atom. The minimum absolute atomic E-state index is 0.170. The first-order valence-electron chi connectivity index (χ1n) is 6.17. The largest absolute Gasteiger partial charge is 0.314 e. The molecule has 1 N–H and O–H groups in total. The normalized spacial score (nSPS) is 20.1. The summed E-state index contributed by atoms with van der Waals surface area (Å²) in [6, 6.07) is 8.46. The van der Waals surface area contributed by atoms with E-state index in [1.54, 1.807) is 11.5 Å². The van der Waals surface area contributed by atoms with Gasteiger partial charge >= 0.3 is 0 Å². The molecular formula is C13H16N2OS. The lowest BCUT2D eigenvalue weighted by molar-refractivity contribution is 0.515. The van der Waals surface area contributed by atoms with Gasteiger partial charge in [-0.2, -0.15) is 0 Å². The lowest BCUT2D eigenvalue weighted by Crippen LogP contribution is -2.24. The Bertz CT molecular complexity index is 566. The maximum Gasteiger partial charge on any atom is 0.268 e. The van der Waals surface area contributed by atoms with Crippen molar-refractivity contribution >= 4 is 21.6 Å². The first-order valence-corrected chi connectivity index (χ1v) is 6.94. The summed E-state index contributed by atoms with van der Waals surface area (Å²) < 4.78 is 2.99. The Balaban J connectivity index is 1.80. The SMILES string of the molecule is O=c1c2ccccc2sn1CCC1CCCN1. The van der Waals surface area contributed by atoms with E-state index in [0.717, 1.165) is 29.6 Å². The van der Waals surface area contributed by atoms with Crippen molar-refractivity contribution in [2.75, 3.05) is 6.54 Å². The zero-order chi connectivity index (χ0) is 11.7. The summed E-state index contributed by atoms with van der Waals surface area (Å²) >= 11 is 1.58. The summed E-state index contributed by atoms with van der Waals surface area (Å²) in [4.78, 5) is 12.1. The first-order chi connectivity index (χ1) is 8.34. The molecule has 0 saturated carbocycles. The van der Waals surface area contributed by atoms with Crippen molar-refractivity contribution in [3.63, 3.8) is 0 Å². The van der Waals surface area contributed by atoms with E-state index in [-0.39, 0.29) is 5.56 Å². The van der Waals surface area contributed by atoms with E-state index in [1.165, 1.54) is 12.8 Å². The molecule has 0 amide bonds. The van der Waals surface area contributed by atoms with Gasteiger partial charge in [0, 0.05) is 12.6 Å². The Morgan fingerprint density at radius 1 is 1.41 bits per heavy atom. The molecule has 0 aliphatic carbocycles. The predicted octanol–water partition coefficient (Wildman–Crippen LogP) is 2.21. The third kappa shape index (κ3) is 2.15. The molecule has 0 spiro atoms. The summed E-state index contributed by atoms with van der Waals surface area (Å²) in [7, 11) is 0. The van der Waals surface area contributed by atoms with E-state index >= 15 is 0 Å². The fourth-order valence-corrected chi connectivity index (χ4v) is 3.45. The number of hydrogen-bond acceptors (Lipinski definition) is 3. The van der Waals surface area contributed by atoms with Crippen LogP contribution >= 0.6 is 11.5 Å². The van der Waals surface area contributed by atoms with Crippen LogP contribution in [-0.4, -0.2) is 16.5 Å². The van der Waals surface area contributed by atoms with Crippen molar-refractivity contribution in [1.82, 2.24) is 9.27 Å². The van der Waals surface area contributed by atoms with Crippen LogP contribution in [0.2, 0.25) is 0 Å². The van der Waals surface area contributed by atoms with E-state index in [9.17, 15) is 4.79 Å². The Morgan fingerprint density at radius 3 is 3.06 bits per heavy atom. The number of fused-ring (bicyclic) bond motifs is 1. The second-order valence-corrected chi connectivity index (χ2v) is 5.64. The van der Waals surface area contributed by atoms with Crippen molar-refractivity contribution in [3.05, 3.63) is 34.6 Å². The minimum atomic E-state index is 0.170. The van der Waals surface area contributed by atoms with Gasteiger partial charge in [0.1, 0.15) is 0 Å². The molecule has 1 aromatic heterocycles. The maximum absolute atomic E-state index is 12.1. The smallest absolute Gasteiger partial charge is 0.268 e. The third-order valence-electron chi connectivity index (χ3n) is 3.40. The molecule has 1 aliphatic rings. The van der Waals surface area contributed by atoms with E-state index in [2.05, 4.69) is 5.32 Å². The molecule has 3 nitrogen and oxygen atoms in total. The van der Waals surface area contributed by atoms with E-state index in [4.69, 9.17) is 0 Å². The van der Waals surface area contributed by atoms with Crippen LogP contribution in [0.5, 0.6) is 0 Å². The molecule has 1 aliphatic heterocycles. The highest BCUT2D eigenvalue weighted by atomic mass is 32.1. The predicted molar refractivity (Wildman–Crippen MR) is 71.7 cm³/mol. The Kier molecular flexibility index (Phi) is 2.99. The molecule has 2 aromatic rings. The highest BCUT2D eigenvalue weighted by Gasteiger charge is 2.14. The summed E-state index contributed by atoms with van der Waals surface area (Å²) in [6.45, 7) is 1.97. The summed E-state index contributed by atoms with van der Waals surface area (Å²) in [5.74, 6) is 0. The maximum atomic E-state index is 12.1. The molecule has 1 atom stereocenters. The van der Waals surface area contributed by atoms with E-state index in [0.29, 0.717) is 6.04 Å². The van der Waals surface area contributed by atoms with Gasteiger partial charge in [-0.05, 0) is 37.9 Å². The topological polar surface area (TPSA) is 34.0 Å². The van der Waals surface area contributed by atoms with Crippen LogP contribution in [0.1, 0.15) is 19.3 Å². The van der Waals surface area contributed by atoms with Crippen LogP contribution in [0.15, 0.2) is 29.1 Å². The van der Waals surface area contributed by atoms with Gasteiger partial charge in [-0.1, -0.05) is 23.7 Å². The highest BCUT2D eigenvalue weighted by Crippen LogP contribution is 2.17. The zero-order valence-electron chi connectivity index (χ0n) is 9.69. The average Bonchev–Trinajstić information content (AvgIpc) is 2.96. The van der Waals surface area contributed by atoms with Gasteiger partial charge in [-0.3, -0.25) is 8.75 Å². The Hall–Kier alpha value is -1.13. The molecule has 1 unspecified atom stereocenters. The lowest BCUT2D eigenvalue weighted by atomic mass is 10.1. The number of nitrogens with one attached hydrogen (secondary N) is 1. The fraction of sp³-hybridized carbons (Fsp3) is 0.462. The standard InChI is InChI=1S/C13H16N2OS/c16-13-11-5-1-2-6-12(11)17-15(13)9-7-10-4-3-8-14-10/h1-2,5-6,10,14H,3-4,7-9H2. The lowest BCUT2D eigenvalue weighted by Gasteiger charge is -2.08. The van der Waals surface area contributed by atoms with E-state index < -0.39 is 0 Å². The zero-order valence-corrected chi connectivity index (χ0v) is 10.5. The van der Waals surface area contributed by atoms with Gasteiger partial charge in [0.25, 0.3) is 5.56 Å². The molecule has 2 heterocycles. The third-order valence-corrected chi connectivity index (χ3v) is 4.52. The molecule has 3 rings (SSSR count). The molecule has 0 radical (unpaired) electrons. The second-order valence-electron chi connectivity index (χ2n) is 4.58. The monoisotopic (exact) mass is 248 g/mol. The number of hydrogen-bond donors (Lipinski definition) is 1. The number of rotatable bonds is 3. The van der Waals surface area contributed by atoms with Crippen molar-refractivity contribution < 1.29 is 0 Å². The van der Waals surface area contributed by atoms with Crippen molar-refractivity contribution in [2.24, 2.45) is 0 Å².